The maximum atomic E-state index is 11.8. The zero-order valence-electron chi connectivity index (χ0n) is 11.1. The van der Waals surface area contributed by atoms with E-state index in [0.29, 0.717) is 13.0 Å². The van der Waals surface area contributed by atoms with E-state index in [4.69, 9.17) is 9.47 Å². The summed E-state index contributed by atoms with van der Waals surface area (Å²) in [4.78, 5) is 11.8. The lowest BCUT2D eigenvalue weighted by Crippen LogP contribution is -2.38. The summed E-state index contributed by atoms with van der Waals surface area (Å²) in [6.45, 7) is 1.42. The average Bonchev–Trinajstić information content (AvgIpc) is 2.38. The molecule has 0 aromatic heterocycles. The van der Waals surface area contributed by atoms with Crippen LogP contribution in [-0.4, -0.2) is 43.7 Å². The number of halogens is 1. The van der Waals surface area contributed by atoms with E-state index in [1.165, 1.54) is 6.42 Å². The van der Waals surface area contributed by atoms with E-state index < -0.39 is 0 Å². The molecule has 1 aliphatic rings. The van der Waals surface area contributed by atoms with Gasteiger partial charge in [-0.05, 0) is 32.1 Å². The van der Waals surface area contributed by atoms with Crippen molar-refractivity contribution in [1.29, 1.82) is 0 Å². The SMILES string of the molecule is COCC(CCBr)NC(=O)CCC1CCCCO1. The Morgan fingerprint density at radius 1 is 1.56 bits per heavy atom. The molecule has 1 rings (SSSR count). The maximum Gasteiger partial charge on any atom is 0.220 e. The van der Waals surface area contributed by atoms with Crippen LogP contribution in [0.3, 0.4) is 0 Å². The third-order valence-electron chi connectivity index (χ3n) is 3.16. The molecule has 1 fully saturated rings. The average molecular weight is 322 g/mol. The molecule has 2 unspecified atom stereocenters. The van der Waals surface area contributed by atoms with Gasteiger partial charge >= 0.3 is 0 Å². The number of carbonyl (C=O) groups excluding carboxylic acids is 1. The molecule has 0 aromatic carbocycles. The van der Waals surface area contributed by atoms with E-state index >= 15 is 0 Å². The Morgan fingerprint density at radius 3 is 3.00 bits per heavy atom. The molecular weight excluding hydrogens is 298 g/mol. The first-order chi connectivity index (χ1) is 8.76. The summed E-state index contributed by atoms with van der Waals surface area (Å²) in [6.07, 6.45) is 6.02. The van der Waals surface area contributed by atoms with E-state index in [1.54, 1.807) is 7.11 Å². The topological polar surface area (TPSA) is 47.6 Å². The van der Waals surface area contributed by atoms with Crippen molar-refractivity contribution < 1.29 is 14.3 Å². The molecule has 0 aromatic rings. The molecule has 1 N–H and O–H groups in total. The van der Waals surface area contributed by atoms with Crippen LogP contribution in [0.1, 0.15) is 38.5 Å². The Kier molecular flexibility index (Phi) is 8.63. The van der Waals surface area contributed by atoms with Crippen LogP contribution in [-0.2, 0) is 14.3 Å². The fourth-order valence-electron chi connectivity index (χ4n) is 2.16. The Bertz CT molecular complexity index is 226. The zero-order valence-corrected chi connectivity index (χ0v) is 12.7. The predicted octanol–water partition coefficient (Wildman–Crippen LogP) is 2.25. The van der Waals surface area contributed by atoms with Crippen molar-refractivity contribution in [2.75, 3.05) is 25.7 Å². The van der Waals surface area contributed by atoms with Crippen molar-refractivity contribution >= 4 is 21.8 Å². The second-order valence-corrected chi connectivity index (χ2v) is 5.52. The molecule has 0 bridgehead atoms. The number of methoxy groups -OCH3 is 1. The summed E-state index contributed by atoms with van der Waals surface area (Å²) in [5.74, 6) is 0.104. The fourth-order valence-corrected chi connectivity index (χ4v) is 2.71. The lowest BCUT2D eigenvalue weighted by Gasteiger charge is -2.23. The number of carbonyl (C=O) groups is 1. The van der Waals surface area contributed by atoms with E-state index in [2.05, 4.69) is 21.2 Å². The minimum absolute atomic E-state index is 0.104. The van der Waals surface area contributed by atoms with Gasteiger partial charge in [0.2, 0.25) is 5.91 Å². The molecule has 1 heterocycles. The predicted molar refractivity (Wildman–Crippen MR) is 75.0 cm³/mol. The van der Waals surface area contributed by atoms with Crippen molar-refractivity contribution in [3.8, 4) is 0 Å². The largest absolute Gasteiger partial charge is 0.383 e. The summed E-state index contributed by atoms with van der Waals surface area (Å²) in [7, 11) is 1.66. The molecule has 1 saturated heterocycles. The first-order valence-electron chi connectivity index (χ1n) is 6.72. The van der Waals surface area contributed by atoms with Crippen LogP contribution in [0.15, 0.2) is 0 Å². The van der Waals surface area contributed by atoms with Gasteiger partial charge in [0, 0.05) is 25.5 Å². The molecule has 0 aliphatic carbocycles. The number of ether oxygens (including phenoxy) is 2. The lowest BCUT2D eigenvalue weighted by atomic mass is 10.0. The van der Waals surface area contributed by atoms with Gasteiger partial charge in [-0.1, -0.05) is 15.9 Å². The second-order valence-electron chi connectivity index (χ2n) is 4.72. The summed E-state index contributed by atoms with van der Waals surface area (Å²) in [6, 6.07) is 0.106. The van der Waals surface area contributed by atoms with E-state index in [9.17, 15) is 4.79 Å². The van der Waals surface area contributed by atoms with Crippen molar-refractivity contribution in [3.63, 3.8) is 0 Å². The van der Waals surface area contributed by atoms with Gasteiger partial charge in [-0.3, -0.25) is 4.79 Å². The quantitative estimate of drug-likeness (QED) is 0.697. The molecule has 4 nitrogen and oxygen atoms in total. The summed E-state index contributed by atoms with van der Waals surface area (Å²) in [5, 5.41) is 3.88. The molecule has 2 atom stereocenters. The molecular formula is C13H24BrNO3. The van der Waals surface area contributed by atoms with E-state index in [-0.39, 0.29) is 18.1 Å². The Hall–Kier alpha value is -0.130. The van der Waals surface area contributed by atoms with Crippen LogP contribution >= 0.6 is 15.9 Å². The van der Waals surface area contributed by atoms with Crippen LogP contribution in [0.25, 0.3) is 0 Å². The Morgan fingerprint density at radius 2 is 2.39 bits per heavy atom. The highest BCUT2D eigenvalue weighted by atomic mass is 79.9. The van der Waals surface area contributed by atoms with E-state index in [0.717, 1.165) is 37.6 Å². The molecule has 1 amide bonds. The number of rotatable bonds is 8. The zero-order chi connectivity index (χ0) is 13.2. The number of alkyl halides is 1. The first kappa shape index (κ1) is 15.9. The van der Waals surface area contributed by atoms with Gasteiger partial charge < -0.3 is 14.8 Å². The highest BCUT2D eigenvalue weighted by Gasteiger charge is 2.17. The molecule has 106 valence electrons. The summed E-state index contributed by atoms with van der Waals surface area (Å²) in [5.41, 5.74) is 0. The third kappa shape index (κ3) is 6.71. The van der Waals surface area contributed by atoms with Crippen molar-refractivity contribution in [3.05, 3.63) is 0 Å². The third-order valence-corrected chi connectivity index (χ3v) is 3.62. The van der Waals surface area contributed by atoms with Crippen LogP contribution in [0.5, 0.6) is 0 Å². The molecule has 5 heteroatoms. The minimum Gasteiger partial charge on any atom is -0.383 e. The molecule has 0 saturated carbocycles. The van der Waals surface area contributed by atoms with Crippen LogP contribution < -0.4 is 5.32 Å². The summed E-state index contributed by atoms with van der Waals surface area (Å²) >= 11 is 3.38. The van der Waals surface area contributed by atoms with Gasteiger partial charge in [-0.2, -0.15) is 0 Å². The fraction of sp³-hybridized carbons (Fsp3) is 0.923. The molecule has 0 radical (unpaired) electrons. The monoisotopic (exact) mass is 321 g/mol. The lowest BCUT2D eigenvalue weighted by molar-refractivity contribution is -0.123. The number of nitrogens with one attached hydrogen (secondary N) is 1. The van der Waals surface area contributed by atoms with Gasteiger partial charge in [-0.25, -0.2) is 0 Å². The van der Waals surface area contributed by atoms with E-state index in [1.807, 2.05) is 0 Å². The summed E-state index contributed by atoms with van der Waals surface area (Å²) < 4.78 is 10.7. The number of amides is 1. The normalized spacial score (nSPS) is 21.6. The van der Waals surface area contributed by atoms with Gasteiger partial charge in [0.25, 0.3) is 0 Å². The standard InChI is InChI=1S/C13H24BrNO3/c1-17-10-11(7-8-14)15-13(16)6-5-12-4-2-3-9-18-12/h11-12H,2-10H2,1H3,(H,15,16). The van der Waals surface area contributed by atoms with Crippen molar-refractivity contribution in [2.24, 2.45) is 0 Å². The Balaban J connectivity index is 2.17. The molecule has 0 spiro atoms. The number of hydrogen-bond donors (Lipinski definition) is 1. The van der Waals surface area contributed by atoms with Crippen molar-refractivity contribution in [1.82, 2.24) is 5.32 Å². The van der Waals surface area contributed by atoms with Gasteiger partial charge in [-0.15, -0.1) is 0 Å². The van der Waals surface area contributed by atoms with Crippen LogP contribution in [0.2, 0.25) is 0 Å². The number of hydrogen-bond acceptors (Lipinski definition) is 3. The van der Waals surface area contributed by atoms with Crippen LogP contribution in [0, 0.1) is 0 Å². The van der Waals surface area contributed by atoms with Gasteiger partial charge in [0.1, 0.15) is 0 Å². The Labute approximate surface area is 118 Å². The maximum absolute atomic E-state index is 11.8. The second kappa shape index (κ2) is 9.75. The van der Waals surface area contributed by atoms with Gasteiger partial charge in [0.05, 0.1) is 18.8 Å². The molecule has 1 aliphatic heterocycles. The van der Waals surface area contributed by atoms with Crippen LogP contribution in [0.4, 0.5) is 0 Å². The highest BCUT2D eigenvalue weighted by molar-refractivity contribution is 9.09. The van der Waals surface area contributed by atoms with Gasteiger partial charge in [0.15, 0.2) is 0 Å². The highest BCUT2D eigenvalue weighted by Crippen LogP contribution is 2.16. The first-order valence-corrected chi connectivity index (χ1v) is 7.84. The molecule has 18 heavy (non-hydrogen) atoms. The minimum atomic E-state index is 0.104. The van der Waals surface area contributed by atoms with Crippen molar-refractivity contribution in [2.45, 2.75) is 50.7 Å². The smallest absolute Gasteiger partial charge is 0.220 e.